The first-order valence-corrected chi connectivity index (χ1v) is 6.56. The van der Waals surface area contributed by atoms with E-state index in [1.807, 2.05) is 17.9 Å². The monoisotopic (exact) mass is 239 g/mol. The molecule has 1 unspecified atom stereocenters. The van der Waals surface area contributed by atoms with Gasteiger partial charge >= 0.3 is 0 Å². The fraction of sp³-hybridized carbons (Fsp3) is 0.769. The smallest absolute Gasteiger partial charge is 0.0522 e. The van der Waals surface area contributed by atoms with Gasteiger partial charge < -0.3 is 10.1 Å². The molecular formula is C13H25N3O. The van der Waals surface area contributed by atoms with Crippen molar-refractivity contribution in [1.82, 2.24) is 15.1 Å². The molecule has 1 heterocycles. The molecule has 0 aliphatic carbocycles. The Balaban J connectivity index is 2.30. The van der Waals surface area contributed by atoms with Crippen LogP contribution < -0.4 is 5.32 Å². The van der Waals surface area contributed by atoms with Crippen LogP contribution in [0.15, 0.2) is 12.4 Å². The van der Waals surface area contributed by atoms with E-state index < -0.39 is 0 Å². The van der Waals surface area contributed by atoms with Crippen molar-refractivity contribution in [3.05, 3.63) is 18.0 Å². The molecule has 0 saturated carbocycles. The summed E-state index contributed by atoms with van der Waals surface area (Å²) in [6.07, 6.45) is 7.24. The molecule has 0 aliphatic rings. The zero-order valence-electron chi connectivity index (χ0n) is 11.3. The summed E-state index contributed by atoms with van der Waals surface area (Å²) in [5, 5.41) is 7.63. The van der Waals surface area contributed by atoms with E-state index in [2.05, 4.69) is 30.5 Å². The number of aromatic nitrogens is 2. The van der Waals surface area contributed by atoms with Crippen molar-refractivity contribution in [3.63, 3.8) is 0 Å². The fourth-order valence-electron chi connectivity index (χ4n) is 1.79. The average molecular weight is 239 g/mol. The lowest BCUT2D eigenvalue weighted by molar-refractivity contribution is 0.125. The van der Waals surface area contributed by atoms with E-state index in [9.17, 15) is 0 Å². The summed E-state index contributed by atoms with van der Waals surface area (Å²) < 4.78 is 7.49. The quantitative estimate of drug-likeness (QED) is 0.668. The lowest BCUT2D eigenvalue weighted by atomic mass is 10.1. The highest BCUT2D eigenvalue weighted by Gasteiger charge is 2.08. The largest absolute Gasteiger partial charge is 0.381 e. The van der Waals surface area contributed by atoms with Gasteiger partial charge in [0.25, 0.3) is 0 Å². The van der Waals surface area contributed by atoms with Gasteiger partial charge in [-0.1, -0.05) is 6.92 Å². The first-order chi connectivity index (χ1) is 8.30. The van der Waals surface area contributed by atoms with Crippen molar-refractivity contribution in [2.45, 2.75) is 45.7 Å². The van der Waals surface area contributed by atoms with Crippen LogP contribution in [0.1, 0.15) is 32.3 Å². The van der Waals surface area contributed by atoms with Crippen molar-refractivity contribution in [3.8, 4) is 0 Å². The molecule has 98 valence electrons. The third-order valence-corrected chi connectivity index (χ3v) is 2.86. The van der Waals surface area contributed by atoms with Crippen molar-refractivity contribution in [1.29, 1.82) is 0 Å². The van der Waals surface area contributed by atoms with Crippen LogP contribution >= 0.6 is 0 Å². The maximum atomic E-state index is 5.52. The van der Waals surface area contributed by atoms with E-state index in [0.717, 1.165) is 39.0 Å². The summed E-state index contributed by atoms with van der Waals surface area (Å²) in [7, 11) is 2.01. The van der Waals surface area contributed by atoms with Gasteiger partial charge in [-0.25, -0.2) is 0 Å². The minimum atomic E-state index is 0.473. The van der Waals surface area contributed by atoms with E-state index in [0.29, 0.717) is 6.04 Å². The zero-order chi connectivity index (χ0) is 12.5. The third kappa shape index (κ3) is 5.33. The Morgan fingerprint density at radius 1 is 1.41 bits per heavy atom. The molecule has 0 aromatic carbocycles. The van der Waals surface area contributed by atoms with Gasteiger partial charge in [0.2, 0.25) is 0 Å². The maximum Gasteiger partial charge on any atom is 0.0522 e. The summed E-state index contributed by atoms with van der Waals surface area (Å²) in [5.74, 6) is 0. The Kier molecular flexibility index (Phi) is 6.89. The maximum absolute atomic E-state index is 5.52. The third-order valence-electron chi connectivity index (χ3n) is 2.86. The van der Waals surface area contributed by atoms with Gasteiger partial charge in [0.1, 0.15) is 0 Å². The van der Waals surface area contributed by atoms with E-state index >= 15 is 0 Å². The predicted octanol–water partition coefficient (Wildman–Crippen LogP) is 1.85. The van der Waals surface area contributed by atoms with E-state index in [4.69, 9.17) is 4.74 Å². The van der Waals surface area contributed by atoms with E-state index in [1.54, 1.807) is 0 Å². The van der Waals surface area contributed by atoms with Crippen LogP contribution in [0.5, 0.6) is 0 Å². The molecule has 0 spiro atoms. The molecule has 4 heteroatoms. The summed E-state index contributed by atoms with van der Waals surface area (Å²) in [4.78, 5) is 0. The van der Waals surface area contributed by atoms with Crippen molar-refractivity contribution in [2.75, 3.05) is 20.3 Å². The molecule has 1 N–H and O–H groups in total. The second kappa shape index (κ2) is 8.25. The van der Waals surface area contributed by atoms with E-state index in [1.165, 1.54) is 5.56 Å². The van der Waals surface area contributed by atoms with Gasteiger partial charge in [-0.2, -0.15) is 5.10 Å². The molecule has 0 radical (unpaired) electrons. The minimum absolute atomic E-state index is 0.473. The molecule has 1 aromatic heterocycles. The number of ether oxygens (including phenoxy) is 1. The number of aryl methyl sites for hydroxylation is 1. The highest BCUT2D eigenvalue weighted by atomic mass is 16.5. The Labute approximate surface area is 104 Å². The number of rotatable bonds is 9. The molecule has 17 heavy (non-hydrogen) atoms. The minimum Gasteiger partial charge on any atom is -0.381 e. The van der Waals surface area contributed by atoms with Gasteiger partial charge in [-0.15, -0.1) is 0 Å². The Morgan fingerprint density at radius 2 is 2.24 bits per heavy atom. The molecule has 0 amide bonds. The average Bonchev–Trinajstić information content (AvgIpc) is 2.80. The van der Waals surface area contributed by atoms with Crippen LogP contribution in [-0.2, 0) is 17.7 Å². The van der Waals surface area contributed by atoms with Crippen LogP contribution in [0, 0.1) is 0 Å². The second-order valence-corrected chi connectivity index (χ2v) is 4.30. The fourth-order valence-corrected chi connectivity index (χ4v) is 1.79. The van der Waals surface area contributed by atoms with Crippen LogP contribution in [0.25, 0.3) is 0 Å². The molecular weight excluding hydrogens is 214 g/mol. The van der Waals surface area contributed by atoms with Gasteiger partial charge in [-0.05, 0) is 38.8 Å². The molecule has 1 atom stereocenters. The number of hydrogen-bond donors (Lipinski definition) is 1. The first-order valence-electron chi connectivity index (χ1n) is 6.56. The number of hydrogen-bond acceptors (Lipinski definition) is 3. The van der Waals surface area contributed by atoms with Crippen LogP contribution in [0.3, 0.4) is 0 Å². The molecule has 1 aromatic rings. The molecule has 4 nitrogen and oxygen atoms in total. The topological polar surface area (TPSA) is 39.1 Å². The van der Waals surface area contributed by atoms with Crippen LogP contribution in [0.4, 0.5) is 0 Å². The summed E-state index contributed by atoms with van der Waals surface area (Å²) in [6.45, 7) is 6.87. The van der Waals surface area contributed by atoms with Gasteiger partial charge in [-0.3, -0.25) is 4.68 Å². The molecule has 0 bridgehead atoms. The Bertz CT molecular complexity index is 299. The standard InChI is InChI=1S/C13H25N3O/c1-4-7-17-8-6-13(14-3)9-12-10-15-16(5-2)11-12/h10-11,13-14H,4-9H2,1-3H3. The highest BCUT2D eigenvalue weighted by Crippen LogP contribution is 2.05. The van der Waals surface area contributed by atoms with Gasteiger partial charge in [0.05, 0.1) is 6.20 Å². The second-order valence-electron chi connectivity index (χ2n) is 4.30. The first kappa shape index (κ1) is 14.2. The number of likely N-dealkylation sites (N-methyl/N-ethyl adjacent to an activating group) is 1. The van der Waals surface area contributed by atoms with Crippen LogP contribution in [-0.4, -0.2) is 36.1 Å². The van der Waals surface area contributed by atoms with Crippen molar-refractivity contribution >= 4 is 0 Å². The zero-order valence-corrected chi connectivity index (χ0v) is 11.3. The molecule has 0 aliphatic heterocycles. The number of nitrogens with zero attached hydrogens (tertiary/aromatic N) is 2. The van der Waals surface area contributed by atoms with Crippen molar-refractivity contribution < 1.29 is 4.74 Å². The van der Waals surface area contributed by atoms with Gasteiger partial charge in [0, 0.05) is 32.0 Å². The number of nitrogens with one attached hydrogen (secondary N) is 1. The van der Waals surface area contributed by atoms with Crippen molar-refractivity contribution in [2.24, 2.45) is 0 Å². The SMILES string of the molecule is CCCOCCC(Cc1cnn(CC)c1)NC. The van der Waals surface area contributed by atoms with Gasteiger partial charge in [0.15, 0.2) is 0 Å². The molecule has 0 saturated heterocycles. The Morgan fingerprint density at radius 3 is 2.82 bits per heavy atom. The molecule has 0 fully saturated rings. The normalized spacial score (nSPS) is 12.9. The lowest BCUT2D eigenvalue weighted by Crippen LogP contribution is -2.29. The predicted molar refractivity (Wildman–Crippen MR) is 70.2 cm³/mol. The van der Waals surface area contributed by atoms with E-state index in [-0.39, 0.29) is 0 Å². The van der Waals surface area contributed by atoms with Crippen LogP contribution in [0.2, 0.25) is 0 Å². The molecule has 1 rings (SSSR count). The highest BCUT2D eigenvalue weighted by molar-refractivity contribution is 5.06. The Hall–Kier alpha value is -0.870. The lowest BCUT2D eigenvalue weighted by Gasteiger charge is -2.15. The summed E-state index contributed by atoms with van der Waals surface area (Å²) in [5.41, 5.74) is 1.29. The summed E-state index contributed by atoms with van der Waals surface area (Å²) >= 11 is 0. The summed E-state index contributed by atoms with van der Waals surface area (Å²) in [6, 6.07) is 0.473.